The van der Waals surface area contributed by atoms with Crippen LogP contribution in [0.3, 0.4) is 0 Å². The van der Waals surface area contributed by atoms with Gasteiger partial charge in [0.1, 0.15) is 5.78 Å². The van der Waals surface area contributed by atoms with Crippen molar-refractivity contribution in [1.29, 1.82) is 0 Å². The number of allylic oxidation sites excluding steroid dienone is 1. The first kappa shape index (κ1) is 24.9. The van der Waals surface area contributed by atoms with Crippen LogP contribution < -0.4 is 0 Å². The SMILES string of the molecule is COC(=O)CSCCCS[C@H]1C(=O)CC[C@@H]1/C=C/[C@@H](O)CCc1ccc2ccccc2c1. The quantitative estimate of drug-likeness (QED) is 0.264. The minimum absolute atomic E-state index is 0.00968. The largest absolute Gasteiger partial charge is 0.468 e. The van der Waals surface area contributed by atoms with Crippen molar-refractivity contribution in [2.24, 2.45) is 5.92 Å². The molecule has 0 unspecified atom stereocenters. The number of ketones is 1. The molecule has 0 aliphatic heterocycles. The zero-order valence-electron chi connectivity index (χ0n) is 18.6. The average Bonchev–Trinajstić information content (AvgIpc) is 3.17. The highest BCUT2D eigenvalue weighted by Crippen LogP contribution is 2.34. The molecule has 1 fully saturated rings. The van der Waals surface area contributed by atoms with E-state index in [9.17, 15) is 14.7 Å². The van der Waals surface area contributed by atoms with E-state index in [2.05, 4.69) is 41.1 Å². The highest BCUT2D eigenvalue weighted by atomic mass is 32.2. The minimum atomic E-state index is -0.502. The van der Waals surface area contributed by atoms with E-state index in [1.54, 1.807) is 23.5 Å². The molecule has 0 radical (unpaired) electrons. The summed E-state index contributed by atoms with van der Waals surface area (Å²) in [6.45, 7) is 0. The van der Waals surface area contributed by atoms with Crippen molar-refractivity contribution in [2.45, 2.75) is 43.5 Å². The lowest BCUT2D eigenvalue weighted by molar-refractivity contribution is -0.137. The van der Waals surface area contributed by atoms with Gasteiger partial charge in [-0.2, -0.15) is 11.8 Å². The third-order valence-corrected chi connectivity index (χ3v) is 8.24. The molecule has 2 aromatic rings. The summed E-state index contributed by atoms with van der Waals surface area (Å²) in [6, 6.07) is 14.8. The van der Waals surface area contributed by atoms with Crippen molar-refractivity contribution >= 4 is 46.0 Å². The van der Waals surface area contributed by atoms with Gasteiger partial charge in [-0.25, -0.2) is 0 Å². The van der Waals surface area contributed by atoms with Gasteiger partial charge >= 0.3 is 5.97 Å². The summed E-state index contributed by atoms with van der Waals surface area (Å²) in [5.74, 6) is 2.49. The van der Waals surface area contributed by atoms with E-state index in [-0.39, 0.29) is 17.1 Å². The molecule has 0 spiro atoms. The van der Waals surface area contributed by atoms with E-state index in [0.717, 1.165) is 30.8 Å². The number of esters is 1. The van der Waals surface area contributed by atoms with Crippen LogP contribution in [0.5, 0.6) is 0 Å². The number of carbonyl (C=O) groups is 2. The molecule has 0 aromatic heterocycles. The fraction of sp³-hybridized carbons (Fsp3) is 0.462. The number of benzene rings is 2. The van der Waals surface area contributed by atoms with Crippen molar-refractivity contribution in [3.05, 3.63) is 60.2 Å². The zero-order valence-corrected chi connectivity index (χ0v) is 20.2. The van der Waals surface area contributed by atoms with Crippen LogP contribution >= 0.6 is 23.5 Å². The van der Waals surface area contributed by atoms with E-state index in [1.807, 2.05) is 18.2 Å². The fourth-order valence-corrected chi connectivity index (χ4v) is 6.22. The van der Waals surface area contributed by atoms with E-state index in [4.69, 9.17) is 0 Å². The number of aliphatic hydroxyl groups excluding tert-OH is 1. The topological polar surface area (TPSA) is 63.6 Å². The number of aliphatic hydroxyl groups is 1. The molecular weight excluding hydrogens is 440 g/mol. The van der Waals surface area contributed by atoms with Gasteiger partial charge in [0.25, 0.3) is 0 Å². The summed E-state index contributed by atoms with van der Waals surface area (Å²) in [7, 11) is 1.40. The van der Waals surface area contributed by atoms with Crippen LogP contribution in [0.15, 0.2) is 54.6 Å². The number of thioether (sulfide) groups is 2. The maximum absolute atomic E-state index is 12.3. The van der Waals surface area contributed by atoms with Crippen LogP contribution in [0, 0.1) is 5.92 Å². The predicted octanol–water partition coefficient (Wildman–Crippen LogP) is 5.07. The number of hydrogen-bond donors (Lipinski definition) is 1. The van der Waals surface area contributed by atoms with Gasteiger partial charge in [0, 0.05) is 6.42 Å². The highest BCUT2D eigenvalue weighted by Gasteiger charge is 2.33. The zero-order chi connectivity index (χ0) is 22.8. The Labute approximate surface area is 199 Å². The standard InChI is InChI=1S/C26H32O4S2/c1-30-25(29)18-31-15-4-16-32-26-21(11-14-24(26)28)10-13-23(27)12-8-19-7-9-20-5-2-3-6-22(20)17-19/h2-3,5-7,9-10,13,17,21,23,26-27H,4,8,11-12,14-16,18H2,1H3/b13-10+/t21-,23-,26+/m0/s1. The van der Waals surface area contributed by atoms with Crippen molar-refractivity contribution < 1.29 is 19.4 Å². The number of methoxy groups -OCH3 is 1. The van der Waals surface area contributed by atoms with Gasteiger partial charge in [0.2, 0.25) is 0 Å². The van der Waals surface area contributed by atoms with Gasteiger partial charge in [-0.05, 0) is 59.4 Å². The number of rotatable bonds is 12. The monoisotopic (exact) mass is 472 g/mol. The lowest BCUT2D eigenvalue weighted by Gasteiger charge is -2.15. The molecule has 1 aliphatic rings. The Morgan fingerprint density at radius 2 is 2.03 bits per heavy atom. The van der Waals surface area contributed by atoms with Crippen LogP contribution in [0.25, 0.3) is 10.8 Å². The van der Waals surface area contributed by atoms with Crippen LogP contribution in [0.2, 0.25) is 0 Å². The Hall–Kier alpha value is -1.76. The lowest BCUT2D eigenvalue weighted by Crippen LogP contribution is -2.17. The number of ether oxygens (including phenoxy) is 1. The first-order valence-corrected chi connectivity index (χ1v) is 13.4. The predicted molar refractivity (Wildman–Crippen MR) is 135 cm³/mol. The molecular formula is C26H32O4S2. The second-order valence-electron chi connectivity index (χ2n) is 8.11. The Bertz CT molecular complexity index is 927. The number of hydrogen-bond acceptors (Lipinski definition) is 6. The van der Waals surface area contributed by atoms with Crippen LogP contribution in [-0.4, -0.2) is 52.6 Å². The van der Waals surface area contributed by atoms with Crippen LogP contribution in [-0.2, 0) is 20.7 Å². The molecule has 32 heavy (non-hydrogen) atoms. The second kappa shape index (κ2) is 13.1. The summed E-state index contributed by atoms with van der Waals surface area (Å²) in [5, 5.41) is 12.9. The van der Waals surface area contributed by atoms with E-state index >= 15 is 0 Å². The molecule has 172 valence electrons. The van der Waals surface area contributed by atoms with Crippen molar-refractivity contribution in [3.63, 3.8) is 0 Å². The maximum atomic E-state index is 12.3. The summed E-state index contributed by atoms with van der Waals surface area (Å²) >= 11 is 3.28. The van der Waals surface area contributed by atoms with Crippen LogP contribution in [0.4, 0.5) is 0 Å². The van der Waals surface area contributed by atoms with E-state index in [0.29, 0.717) is 24.4 Å². The average molecular weight is 473 g/mol. The Kier molecular flexibility index (Phi) is 10.2. The molecule has 6 heteroatoms. The third kappa shape index (κ3) is 7.68. The number of aryl methyl sites for hydroxylation is 1. The lowest BCUT2D eigenvalue weighted by atomic mass is 10.0. The Morgan fingerprint density at radius 1 is 1.22 bits per heavy atom. The number of carbonyl (C=O) groups excluding carboxylic acids is 2. The molecule has 3 atom stereocenters. The van der Waals surface area contributed by atoms with Crippen molar-refractivity contribution in [2.75, 3.05) is 24.4 Å². The van der Waals surface area contributed by atoms with Gasteiger partial charge in [0.05, 0.1) is 24.2 Å². The van der Waals surface area contributed by atoms with Crippen LogP contribution in [0.1, 0.15) is 31.2 Å². The summed E-state index contributed by atoms with van der Waals surface area (Å²) in [5.41, 5.74) is 1.23. The van der Waals surface area contributed by atoms with Crippen molar-refractivity contribution in [1.82, 2.24) is 0 Å². The van der Waals surface area contributed by atoms with E-state index < -0.39 is 6.10 Å². The molecule has 0 bridgehead atoms. The molecule has 1 N–H and O–H groups in total. The third-order valence-electron chi connectivity index (χ3n) is 5.73. The summed E-state index contributed by atoms with van der Waals surface area (Å²) in [6.07, 6.45) is 7.37. The number of Topliss-reactive ketones (excluding diaryl/α,β-unsaturated/α-hetero) is 1. The smallest absolute Gasteiger partial charge is 0.315 e. The molecule has 4 nitrogen and oxygen atoms in total. The molecule has 1 aliphatic carbocycles. The second-order valence-corrected chi connectivity index (χ2v) is 10.5. The molecule has 0 amide bonds. The Balaban J connectivity index is 1.41. The summed E-state index contributed by atoms with van der Waals surface area (Å²) < 4.78 is 4.63. The van der Waals surface area contributed by atoms with Gasteiger partial charge in [-0.15, -0.1) is 11.8 Å². The minimum Gasteiger partial charge on any atom is -0.468 e. The first-order chi connectivity index (χ1) is 15.6. The Morgan fingerprint density at radius 3 is 2.84 bits per heavy atom. The molecule has 2 aromatic carbocycles. The maximum Gasteiger partial charge on any atom is 0.315 e. The van der Waals surface area contributed by atoms with Gasteiger partial charge in [-0.1, -0.05) is 54.6 Å². The van der Waals surface area contributed by atoms with Gasteiger partial charge in [0.15, 0.2) is 0 Å². The normalized spacial score (nSPS) is 19.6. The molecule has 1 saturated carbocycles. The molecule has 0 heterocycles. The highest BCUT2D eigenvalue weighted by molar-refractivity contribution is 8.01. The van der Waals surface area contributed by atoms with Crippen molar-refractivity contribution in [3.8, 4) is 0 Å². The van der Waals surface area contributed by atoms with E-state index in [1.165, 1.54) is 23.4 Å². The van der Waals surface area contributed by atoms with Gasteiger partial charge < -0.3 is 9.84 Å². The first-order valence-electron chi connectivity index (χ1n) is 11.2. The fourth-order valence-electron chi connectivity index (χ4n) is 3.92. The van der Waals surface area contributed by atoms with Gasteiger partial charge in [-0.3, -0.25) is 9.59 Å². The summed E-state index contributed by atoms with van der Waals surface area (Å²) in [4.78, 5) is 23.4. The molecule has 0 saturated heterocycles. The number of fused-ring (bicyclic) bond motifs is 1. The molecule has 3 rings (SSSR count).